The molecule has 0 amide bonds. The first kappa shape index (κ1) is 13.6. The predicted octanol–water partition coefficient (Wildman–Crippen LogP) is -0.440. The summed E-state index contributed by atoms with van der Waals surface area (Å²) in [5.41, 5.74) is 6.30. The number of morpholine rings is 1. The third-order valence-corrected chi connectivity index (χ3v) is 4.51. The third-order valence-electron chi connectivity index (χ3n) is 3.58. The quantitative estimate of drug-likeness (QED) is 0.764. The first-order valence-corrected chi connectivity index (χ1v) is 8.20. The van der Waals surface area contributed by atoms with Gasteiger partial charge in [0.1, 0.15) is 0 Å². The van der Waals surface area contributed by atoms with Crippen molar-refractivity contribution in [3.8, 4) is 5.95 Å². The summed E-state index contributed by atoms with van der Waals surface area (Å²) >= 11 is 0. The number of hydrogen-bond acceptors (Lipinski definition) is 7. The molecule has 2 N–H and O–H groups in total. The van der Waals surface area contributed by atoms with Gasteiger partial charge < -0.3 is 15.4 Å². The molecule has 2 aromatic heterocycles. The predicted molar refractivity (Wildman–Crippen MR) is 86.3 cm³/mol. The van der Waals surface area contributed by atoms with Crippen LogP contribution >= 0.6 is 7.83 Å². The van der Waals surface area contributed by atoms with E-state index in [4.69, 9.17) is 10.5 Å². The number of nitrogens with zero attached hydrogens (tertiary/aromatic N) is 6. The maximum atomic E-state index is 6.30. The Kier molecular flexibility index (Phi) is 3.49. The van der Waals surface area contributed by atoms with Gasteiger partial charge in [-0.3, -0.25) is 0 Å². The molecule has 114 valence electrons. The summed E-state index contributed by atoms with van der Waals surface area (Å²) in [4.78, 5) is 15.3. The fraction of sp³-hybridized carbons (Fsp3) is 0.385. The van der Waals surface area contributed by atoms with Gasteiger partial charge in [-0.25, -0.2) is 9.97 Å². The van der Waals surface area contributed by atoms with Crippen LogP contribution in [0.1, 0.15) is 11.9 Å². The van der Waals surface area contributed by atoms with Crippen molar-refractivity contribution >= 4 is 24.9 Å². The number of ether oxygens (including phenoxy) is 1. The molecule has 2 aliphatic heterocycles. The van der Waals surface area contributed by atoms with Crippen LogP contribution in [0.3, 0.4) is 0 Å². The second-order valence-electron chi connectivity index (χ2n) is 5.05. The molecule has 4 heterocycles. The molecule has 2 unspecified atom stereocenters. The number of aromatic nitrogens is 5. The summed E-state index contributed by atoms with van der Waals surface area (Å²) in [6.07, 6.45) is 3.37. The Morgan fingerprint density at radius 1 is 1.18 bits per heavy atom. The fourth-order valence-electron chi connectivity index (χ4n) is 2.32. The number of hydrogen-bond donors (Lipinski definition) is 1. The van der Waals surface area contributed by atoms with Gasteiger partial charge in [0.25, 0.3) is 5.95 Å². The van der Waals surface area contributed by atoms with Gasteiger partial charge in [0, 0.05) is 25.5 Å². The van der Waals surface area contributed by atoms with Crippen LogP contribution in [0.4, 0.5) is 5.95 Å². The average molecular weight is 317 g/mol. The maximum absolute atomic E-state index is 6.30. The zero-order chi connectivity index (χ0) is 14.9. The molecule has 0 bridgehead atoms. The molecule has 8 nitrogen and oxygen atoms in total. The van der Waals surface area contributed by atoms with Crippen LogP contribution in [-0.2, 0) is 4.74 Å². The van der Waals surface area contributed by atoms with Crippen molar-refractivity contribution < 1.29 is 4.74 Å². The van der Waals surface area contributed by atoms with Crippen molar-refractivity contribution in [3.63, 3.8) is 0 Å². The van der Waals surface area contributed by atoms with E-state index in [2.05, 4.69) is 30.7 Å². The number of anilines is 1. The van der Waals surface area contributed by atoms with Crippen molar-refractivity contribution in [2.75, 3.05) is 31.2 Å². The van der Waals surface area contributed by atoms with E-state index in [1.165, 1.54) is 5.29 Å². The van der Waals surface area contributed by atoms with Gasteiger partial charge in [-0.15, -0.1) is 12.9 Å². The van der Waals surface area contributed by atoms with E-state index < -0.39 is 0 Å². The smallest absolute Gasteiger partial charge is 0.252 e. The van der Waals surface area contributed by atoms with Crippen molar-refractivity contribution in [3.05, 3.63) is 24.3 Å². The van der Waals surface area contributed by atoms with E-state index in [0.29, 0.717) is 38.8 Å². The van der Waals surface area contributed by atoms with Crippen LogP contribution in [0, 0.1) is 0 Å². The zero-order valence-corrected chi connectivity index (χ0v) is 12.9. The SMILES string of the molecule is NC(C1=[PH]=C1)c1nc(N2CCOCC2)nn1-c1ncccn1. The van der Waals surface area contributed by atoms with E-state index in [0.717, 1.165) is 13.1 Å². The molecule has 0 aromatic carbocycles. The Labute approximate surface area is 128 Å². The molecule has 9 heteroatoms. The molecule has 0 radical (unpaired) electrons. The van der Waals surface area contributed by atoms with Crippen LogP contribution in [0.2, 0.25) is 0 Å². The summed E-state index contributed by atoms with van der Waals surface area (Å²) in [7, 11) is 0.711. The summed E-state index contributed by atoms with van der Waals surface area (Å²) in [6, 6.07) is 1.53. The molecular weight excluding hydrogens is 301 g/mol. The Morgan fingerprint density at radius 2 is 1.91 bits per heavy atom. The Balaban J connectivity index is 1.74. The number of nitrogens with two attached hydrogens (primary N) is 1. The molecule has 1 fully saturated rings. The highest BCUT2D eigenvalue weighted by atomic mass is 31.0. The van der Waals surface area contributed by atoms with Gasteiger partial charge in [0.2, 0.25) is 5.95 Å². The van der Waals surface area contributed by atoms with E-state index >= 15 is 0 Å². The highest BCUT2D eigenvalue weighted by molar-refractivity contribution is 7.60. The van der Waals surface area contributed by atoms with E-state index in [1.807, 2.05) is 0 Å². The lowest BCUT2D eigenvalue weighted by Gasteiger charge is -2.25. The minimum atomic E-state index is -0.246. The van der Waals surface area contributed by atoms with Crippen molar-refractivity contribution in [1.82, 2.24) is 24.7 Å². The molecule has 0 aliphatic carbocycles. The average Bonchev–Trinajstić information content (AvgIpc) is 3.34. The van der Waals surface area contributed by atoms with E-state index in [-0.39, 0.29) is 6.04 Å². The van der Waals surface area contributed by atoms with Crippen molar-refractivity contribution in [2.45, 2.75) is 6.04 Å². The Morgan fingerprint density at radius 3 is 2.59 bits per heavy atom. The summed E-state index contributed by atoms with van der Waals surface area (Å²) in [5, 5.41) is 5.79. The Hall–Kier alpha value is -2.02. The normalized spacial score (nSPS) is 19.3. The first-order valence-electron chi connectivity index (χ1n) is 7.12. The largest absolute Gasteiger partial charge is 0.378 e. The molecule has 4 rings (SSSR count). The van der Waals surface area contributed by atoms with Crippen LogP contribution in [0.15, 0.2) is 18.5 Å². The molecule has 0 saturated carbocycles. The molecular formula is C13H16N7OP. The number of rotatable bonds is 4. The standard InChI is InChI=1S/C13H16N7OP/c14-10(9-8-22-9)11-17-13(19-4-6-21-7-5-19)18-20(11)12-15-2-1-3-16-12/h1-3,8,10,22H,4-7,14H2. The van der Waals surface area contributed by atoms with Crippen LogP contribution in [0.5, 0.6) is 0 Å². The molecule has 1 saturated heterocycles. The molecule has 0 spiro atoms. The fourth-order valence-corrected chi connectivity index (χ4v) is 2.89. The third kappa shape index (κ3) is 2.56. The van der Waals surface area contributed by atoms with Gasteiger partial charge in [0.05, 0.1) is 19.3 Å². The van der Waals surface area contributed by atoms with Crippen LogP contribution in [0.25, 0.3) is 5.95 Å². The van der Waals surface area contributed by atoms with Gasteiger partial charge in [-0.2, -0.15) is 9.67 Å². The lowest BCUT2D eigenvalue weighted by Crippen LogP contribution is -2.37. The van der Waals surface area contributed by atoms with Gasteiger partial charge in [-0.05, 0) is 17.2 Å². The Bertz CT molecular complexity index is 747. The highest BCUT2D eigenvalue weighted by Gasteiger charge is 2.26. The van der Waals surface area contributed by atoms with Crippen molar-refractivity contribution in [1.29, 1.82) is 0 Å². The van der Waals surface area contributed by atoms with Crippen LogP contribution in [-0.4, -0.2) is 62.1 Å². The molecule has 2 aromatic rings. The first-order chi connectivity index (χ1) is 10.8. The lowest BCUT2D eigenvalue weighted by molar-refractivity contribution is 0.122. The van der Waals surface area contributed by atoms with Crippen LogP contribution < -0.4 is 10.6 Å². The van der Waals surface area contributed by atoms with Gasteiger partial charge >= 0.3 is 0 Å². The molecule has 2 atom stereocenters. The minimum Gasteiger partial charge on any atom is -0.378 e. The summed E-state index contributed by atoms with van der Waals surface area (Å²) < 4.78 is 7.03. The van der Waals surface area contributed by atoms with Gasteiger partial charge in [0.15, 0.2) is 5.82 Å². The molecule has 22 heavy (non-hydrogen) atoms. The summed E-state index contributed by atoms with van der Waals surface area (Å²) in [6.45, 7) is 2.92. The topological polar surface area (TPSA) is 95.0 Å². The lowest BCUT2D eigenvalue weighted by atomic mass is 10.2. The molecule has 2 aliphatic rings. The second kappa shape index (κ2) is 5.64. The second-order valence-corrected chi connectivity index (χ2v) is 6.21. The highest BCUT2D eigenvalue weighted by Crippen LogP contribution is 2.22. The maximum Gasteiger partial charge on any atom is 0.252 e. The monoisotopic (exact) mass is 317 g/mol. The summed E-state index contributed by atoms with van der Waals surface area (Å²) in [5.74, 6) is 3.96. The van der Waals surface area contributed by atoms with E-state index in [1.54, 1.807) is 23.1 Å². The van der Waals surface area contributed by atoms with Crippen molar-refractivity contribution in [2.24, 2.45) is 5.73 Å². The zero-order valence-electron chi connectivity index (χ0n) is 11.9. The van der Waals surface area contributed by atoms with Gasteiger partial charge in [-0.1, -0.05) is 0 Å². The van der Waals surface area contributed by atoms with E-state index in [9.17, 15) is 0 Å². The minimum absolute atomic E-state index is 0.246.